The van der Waals surface area contributed by atoms with Crippen molar-refractivity contribution in [3.63, 3.8) is 0 Å². The molecule has 0 radical (unpaired) electrons. The summed E-state index contributed by atoms with van der Waals surface area (Å²) < 4.78 is 5.31. The summed E-state index contributed by atoms with van der Waals surface area (Å²) in [5.74, 6) is -0.486. The van der Waals surface area contributed by atoms with Crippen LogP contribution < -0.4 is 10.6 Å². The SMILES string of the molecule is Cc1nnc(SCC2=C(C(=O)O)N3C(=O)C(NC(=O)NC(C)c4ccccc4)[C@H]3SC2)o1. The van der Waals surface area contributed by atoms with E-state index in [1.54, 1.807) is 6.92 Å². The minimum absolute atomic E-state index is 0.0430. The molecular weight excluding hydrogens is 454 g/mol. The maximum atomic E-state index is 12.8. The number of nitrogens with one attached hydrogen (secondary N) is 2. The van der Waals surface area contributed by atoms with Gasteiger partial charge in [0.1, 0.15) is 17.1 Å². The highest BCUT2D eigenvalue weighted by Gasteiger charge is 2.54. The Morgan fingerprint density at radius 1 is 1.34 bits per heavy atom. The topological polar surface area (TPSA) is 138 Å². The van der Waals surface area contributed by atoms with E-state index in [2.05, 4.69) is 20.8 Å². The molecule has 1 fully saturated rings. The maximum Gasteiger partial charge on any atom is 0.352 e. The molecule has 0 spiro atoms. The number of carboxylic acids is 1. The van der Waals surface area contributed by atoms with Crippen LogP contribution in [0.25, 0.3) is 0 Å². The molecule has 32 heavy (non-hydrogen) atoms. The van der Waals surface area contributed by atoms with Crippen molar-refractivity contribution in [3.05, 3.63) is 53.1 Å². The largest absolute Gasteiger partial charge is 0.477 e. The molecule has 1 aromatic carbocycles. The van der Waals surface area contributed by atoms with Crippen molar-refractivity contribution in [1.29, 1.82) is 0 Å². The van der Waals surface area contributed by atoms with Gasteiger partial charge in [-0.1, -0.05) is 42.1 Å². The number of hydrogen-bond donors (Lipinski definition) is 3. The third-order valence-corrected chi connectivity index (χ3v) is 7.31. The summed E-state index contributed by atoms with van der Waals surface area (Å²) in [6.45, 7) is 3.52. The van der Waals surface area contributed by atoms with Crippen LogP contribution in [0.5, 0.6) is 0 Å². The molecule has 1 saturated heterocycles. The fourth-order valence-corrected chi connectivity index (χ4v) is 5.77. The van der Waals surface area contributed by atoms with Crippen LogP contribution in [0.2, 0.25) is 0 Å². The average Bonchev–Trinajstić information content (AvgIpc) is 3.20. The van der Waals surface area contributed by atoms with E-state index in [0.717, 1.165) is 5.56 Å². The van der Waals surface area contributed by atoms with E-state index in [9.17, 15) is 19.5 Å². The number of aliphatic carboxylic acids is 1. The molecule has 2 aliphatic heterocycles. The predicted octanol–water partition coefficient (Wildman–Crippen LogP) is 2.15. The number of hydrogen-bond acceptors (Lipinski definition) is 8. The van der Waals surface area contributed by atoms with Gasteiger partial charge >= 0.3 is 12.0 Å². The molecule has 3 N–H and O–H groups in total. The number of amides is 3. The molecule has 2 aliphatic rings. The van der Waals surface area contributed by atoms with Gasteiger partial charge in [0, 0.05) is 18.4 Å². The molecule has 0 saturated carbocycles. The number of carboxylic acid groups (broad SMARTS) is 1. The van der Waals surface area contributed by atoms with Crippen molar-refractivity contribution >= 4 is 41.4 Å². The Kier molecular flexibility index (Phi) is 6.42. The van der Waals surface area contributed by atoms with Crippen LogP contribution in [-0.4, -0.2) is 61.0 Å². The molecular formula is C20H21N5O5S2. The van der Waals surface area contributed by atoms with Crippen LogP contribution in [-0.2, 0) is 9.59 Å². The lowest BCUT2D eigenvalue weighted by Gasteiger charge is -2.49. The van der Waals surface area contributed by atoms with Crippen molar-refractivity contribution in [2.75, 3.05) is 11.5 Å². The molecule has 3 amide bonds. The highest BCUT2D eigenvalue weighted by atomic mass is 32.2. The monoisotopic (exact) mass is 475 g/mol. The lowest BCUT2D eigenvalue weighted by atomic mass is 10.0. The smallest absolute Gasteiger partial charge is 0.352 e. The minimum Gasteiger partial charge on any atom is -0.477 e. The van der Waals surface area contributed by atoms with Crippen LogP contribution in [0, 0.1) is 6.92 Å². The highest BCUT2D eigenvalue weighted by Crippen LogP contribution is 2.41. The Morgan fingerprint density at radius 2 is 2.09 bits per heavy atom. The van der Waals surface area contributed by atoms with E-state index in [1.165, 1.54) is 28.4 Å². The summed E-state index contributed by atoms with van der Waals surface area (Å²) in [6.07, 6.45) is 0. The summed E-state index contributed by atoms with van der Waals surface area (Å²) in [5.41, 5.74) is 1.48. The lowest BCUT2D eigenvalue weighted by molar-refractivity contribution is -0.148. The van der Waals surface area contributed by atoms with E-state index in [-0.39, 0.29) is 11.7 Å². The highest BCUT2D eigenvalue weighted by molar-refractivity contribution is 8.01. The quantitative estimate of drug-likeness (QED) is 0.406. The van der Waals surface area contributed by atoms with E-state index in [0.29, 0.717) is 28.2 Å². The van der Waals surface area contributed by atoms with Gasteiger partial charge in [-0.3, -0.25) is 9.69 Å². The Hall–Kier alpha value is -2.99. The summed E-state index contributed by atoms with van der Waals surface area (Å²) in [5, 5.41) is 22.7. The maximum absolute atomic E-state index is 12.8. The van der Waals surface area contributed by atoms with Gasteiger partial charge in [-0.05, 0) is 18.1 Å². The summed E-state index contributed by atoms with van der Waals surface area (Å²) in [7, 11) is 0. The average molecular weight is 476 g/mol. The van der Waals surface area contributed by atoms with Gasteiger partial charge < -0.3 is 20.2 Å². The van der Waals surface area contributed by atoms with E-state index in [4.69, 9.17) is 4.42 Å². The van der Waals surface area contributed by atoms with Gasteiger partial charge in [0.2, 0.25) is 5.89 Å². The molecule has 2 aromatic rings. The van der Waals surface area contributed by atoms with Crippen molar-refractivity contribution in [3.8, 4) is 0 Å². The number of fused-ring (bicyclic) bond motifs is 1. The zero-order valence-corrected chi connectivity index (χ0v) is 18.9. The number of urea groups is 1. The van der Waals surface area contributed by atoms with Crippen LogP contribution in [0.15, 0.2) is 51.2 Å². The van der Waals surface area contributed by atoms with Crippen molar-refractivity contribution in [1.82, 2.24) is 25.7 Å². The van der Waals surface area contributed by atoms with E-state index < -0.39 is 29.3 Å². The number of β-lactam (4-membered cyclic amide) rings is 1. The first-order valence-corrected chi connectivity index (χ1v) is 11.8. The molecule has 0 aliphatic carbocycles. The fraction of sp³-hybridized carbons (Fsp3) is 0.350. The number of aryl methyl sites for hydroxylation is 1. The second-order valence-electron chi connectivity index (χ2n) is 7.27. The van der Waals surface area contributed by atoms with E-state index >= 15 is 0 Å². The van der Waals surface area contributed by atoms with Crippen molar-refractivity contribution < 1.29 is 23.9 Å². The van der Waals surface area contributed by atoms with Crippen LogP contribution in [0.1, 0.15) is 24.4 Å². The second-order valence-corrected chi connectivity index (χ2v) is 9.30. The zero-order chi connectivity index (χ0) is 22.8. The Balaban J connectivity index is 1.40. The number of rotatable bonds is 7. The number of benzene rings is 1. The van der Waals surface area contributed by atoms with Crippen LogP contribution >= 0.6 is 23.5 Å². The summed E-state index contributed by atoms with van der Waals surface area (Å²) >= 11 is 2.63. The lowest BCUT2D eigenvalue weighted by Crippen LogP contribution is -2.71. The number of thioether (sulfide) groups is 2. The first-order chi connectivity index (χ1) is 15.3. The van der Waals surface area contributed by atoms with Gasteiger partial charge in [0.25, 0.3) is 11.1 Å². The van der Waals surface area contributed by atoms with Crippen LogP contribution in [0.4, 0.5) is 4.79 Å². The third-order valence-electron chi connectivity index (χ3n) is 5.06. The number of aromatic nitrogens is 2. The zero-order valence-electron chi connectivity index (χ0n) is 17.3. The van der Waals surface area contributed by atoms with Gasteiger partial charge in [-0.25, -0.2) is 9.59 Å². The summed E-state index contributed by atoms with van der Waals surface area (Å²) in [6, 6.07) is 7.95. The van der Waals surface area contributed by atoms with E-state index in [1.807, 2.05) is 37.3 Å². The standard InChI is InChI=1S/C20H21N5O5S2/c1-10(12-6-4-3-5-7-12)21-19(29)22-14-16(26)25-15(18(27)28)13(8-31-17(14)25)9-32-20-24-23-11(2)30-20/h3-7,10,14,17H,8-9H2,1-2H3,(H,27,28)(H2,21,22,29)/t10?,14?,17-/m1/s1. The third kappa shape index (κ3) is 4.46. The van der Waals surface area contributed by atoms with Gasteiger partial charge in [0.15, 0.2) is 0 Å². The first-order valence-electron chi connectivity index (χ1n) is 9.80. The number of carbonyl (C=O) groups is 3. The number of carbonyl (C=O) groups excluding carboxylic acids is 2. The molecule has 3 atom stereocenters. The molecule has 10 nitrogen and oxygen atoms in total. The Labute approximate surface area is 192 Å². The Bertz CT molecular complexity index is 1070. The van der Waals surface area contributed by atoms with Crippen molar-refractivity contribution in [2.45, 2.75) is 36.5 Å². The second kappa shape index (κ2) is 9.25. The Morgan fingerprint density at radius 3 is 2.75 bits per heavy atom. The predicted molar refractivity (Wildman–Crippen MR) is 118 cm³/mol. The summed E-state index contributed by atoms with van der Waals surface area (Å²) in [4.78, 5) is 38.4. The molecule has 4 rings (SSSR count). The molecule has 3 heterocycles. The molecule has 0 bridgehead atoms. The normalized spacial score (nSPS) is 20.9. The molecule has 168 valence electrons. The first kappa shape index (κ1) is 22.2. The fourth-order valence-electron chi connectivity index (χ4n) is 3.48. The number of nitrogens with zero attached hydrogens (tertiary/aromatic N) is 3. The van der Waals surface area contributed by atoms with Crippen molar-refractivity contribution in [2.24, 2.45) is 0 Å². The minimum atomic E-state index is -1.18. The molecule has 1 aromatic heterocycles. The van der Waals surface area contributed by atoms with Gasteiger partial charge in [-0.2, -0.15) is 0 Å². The van der Waals surface area contributed by atoms with Gasteiger partial charge in [-0.15, -0.1) is 22.0 Å². The van der Waals surface area contributed by atoms with Gasteiger partial charge in [0.05, 0.1) is 6.04 Å². The van der Waals surface area contributed by atoms with Crippen LogP contribution in [0.3, 0.4) is 0 Å². The molecule has 12 heteroatoms. The molecule has 2 unspecified atom stereocenters.